The summed E-state index contributed by atoms with van der Waals surface area (Å²) in [5.74, 6) is 0.165. The Bertz CT molecular complexity index is 634. The van der Waals surface area contributed by atoms with Gasteiger partial charge in [-0.25, -0.2) is 0 Å². The highest BCUT2D eigenvalue weighted by Gasteiger charge is 2.19. The number of ketones is 1. The fourth-order valence-corrected chi connectivity index (χ4v) is 3.00. The van der Waals surface area contributed by atoms with E-state index in [1.54, 1.807) is 24.3 Å². The number of nitrogens with zero attached hydrogens (tertiary/aromatic N) is 2. The normalized spacial score (nSPS) is 16.4. The smallest absolute Gasteiger partial charge is 0.176 e. The Morgan fingerprint density at radius 2 is 1.48 bits per heavy atom. The average molecular weight is 329 g/mol. The zero-order chi connectivity index (χ0) is 16.1. The molecule has 3 rings (SSSR count). The van der Waals surface area contributed by atoms with Crippen LogP contribution in [0.4, 0.5) is 0 Å². The number of carbonyl (C=O) groups excluding carboxylic acids is 1. The summed E-state index contributed by atoms with van der Waals surface area (Å²) >= 11 is 5.86. The van der Waals surface area contributed by atoms with E-state index < -0.39 is 0 Å². The number of rotatable bonds is 5. The van der Waals surface area contributed by atoms with Crippen LogP contribution < -0.4 is 0 Å². The number of hydrogen-bond donors (Lipinski definition) is 0. The van der Waals surface area contributed by atoms with Crippen molar-refractivity contribution in [3.8, 4) is 0 Å². The molecule has 0 N–H and O–H groups in total. The van der Waals surface area contributed by atoms with Gasteiger partial charge in [-0.2, -0.15) is 0 Å². The summed E-state index contributed by atoms with van der Waals surface area (Å²) < 4.78 is 0. The van der Waals surface area contributed by atoms with Crippen LogP contribution in [0.2, 0.25) is 5.02 Å². The molecule has 1 heterocycles. The molecule has 3 nitrogen and oxygen atoms in total. The second-order valence-electron chi connectivity index (χ2n) is 5.97. The number of Topliss-reactive ketones (excluding diaryl/α,β-unsaturated/α-hetero) is 1. The van der Waals surface area contributed by atoms with E-state index in [2.05, 4.69) is 34.1 Å². The van der Waals surface area contributed by atoms with Crippen molar-refractivity contribution in [2.24, 2.45) is 0 Å². The van der Waals surface area contributed by atoms with Gasteiger partial charge in [-0.1, -0.05) is 41.9 Å². The first-order valence-electron chi connectivity index (χ1n) is 7.98. The Hall–Kier alpha value is -1.68. The Labute approximate surface area is 142 Å². The van der Waals surface area contributed by atoms with Gasteiger partial charge in [0.25, 0.3) is 0 Å². The summed E-state index contributed by atoms with van der Waals surface area (Å²) in [4.78, 5) is 17.0. The highest BCUT2D eigenvalue weighted by molar-refractivity contribution is 6.30. The van der Waals surface area contributed by atoms with E-state index in [1.807, 2.05) is 6.07 Å². The maximum Gasteiger partial charge on any atom is 0.176 e. The predicted octanol–water partition coefficient (Wildman–Crippen LogP) is 3.34. The van der Waals surface area contributed by atoms with E-state index in [4.69, 9.17) is 11.6 Å². The molecule has 2 aromatic carbocycles. The molecule has 0 atom stereocenters. The number of hydrogen-bond acceptors (Lipinski definition) is 3. The fourth-order valence-electron chi connectivity index (χ4n) is 2.88. The lowest BCUT2D eigenvalue weighted by atomic mass is 10.1. The van der Waals surface area contributed by atoms with Crippen LogP contribution >= 0.6 is 11.6 Å². The minimum absolute atomic E-state index is 0.165. The number of piperazine rings is 1. The van der Waals surface area contributed by atoms with Gasteiger partial charge in [-0.05, 0) is 29.8 Å². The molecule has 0 aliphatic carbocycles. The Morgan fingerprint density at radius 1 is 0.870 bits per heavy atom. The lowest BCUT2D eigenvalue weighted by Gasteiger charge is -2.34. The zero-order valence-electron chi connectivity index (χ0n) is 13.1. The fraction of sp³-hybridized carbons (Fsp3) is 0.316. The third kappa shape index (κ3) is 4.64. The van der Waals surface area contributed by atoms with Crippen molar-refractivity contribution in [3.05, 3.63) is 70.7 Å². The largest absolute Gasteiger partial charge is 0.297 e. The van der Waals surface area contributed by atoms with Gasteiger partial charge < -0.3 is 0 Å². The van der Waals surface area contributed by atoms with Crippen molar-refractivity contribution >= 4 is 17.4 Å². The number of benzene rings is 2. The van der Waals surface area contributed by atoms with Crippen molar-refractivity contribution in [1.29, 1.82) is 0 Å². The van der Waals surface area contributed by atoms with E-state index in [9.17, 15) is 4.79 Å². The molecule has 0 bridgehead atoms. The predicted molar refractivity (Wildman–Crippen MR) is 93.9 cm³/mol. The van der Waals surface area contributed by atoms with E-state index in [0.717, 1.165) is 38.3 Å². The SMILES string of the molecule is O=C(CN1CCN(Cc2ccccc2)CC1)c1ccc(Cl)cc1. The van der Waals surface area contributed by atoms with Crippen molar-refractivity contribution in [3.63, 3.8) is 0 Å². The molecular weight excluding hydrogens is 308 g/mol. The van der Waals surface area contributed by atoms with E-state index in [1.165, 1.54) is 5.56 Å². The first-order valence-corrected chi connectivity index (χ1v) is 8.36. The molecule has 1 aliphatic rings. The van der Waals surface area contributed by atoms with E-state index in [-0.39, 0.29) is 5.78 Å². The van der Waals surface area contributed by atoms with Crippen molar-refractivity contribution in [2.75, 3.05) is 32.7 Å². The lowest BCUT2D eigenvalue weighted by Crippen LogP contribution is -2.47. The van der Waals surface area contributed by atoms with Crippen LogP contribution in [-0.2, 0) is 6.54 Å². The molecule has 0 saturated carbocycles. The maximum atomic E-state index is 12.3. The maximum absolute atomic E-state index is 12.3. The summed E-state index contributed by atoms with van der Waals surface area (Å²) in [6, 6.07) is 17.7. The van der Waals surface area contributed by atoms with Crippen LogP contribution in [0.15, 0.2) is 54.6 Å². The van der Waals surface area contributed by atoms with Gasteiger partial charge >= 0.3 is 0 Å². The average Bonchev–Trinajstić information content (AvgIpc) is 2.58. The second-order valence-corrected chi connectivity index (χ2v) is 6.40. The summed E-state index contributed by atoms with van der Waals surface area (Å²) in [6.07, 6.45) is 0. The van der Waals surface area contributed by atoms with E-state index in [0.29, 0.717) is 11.6 Å². The monoisotopic (exact) mass is 328 g/mol. The molecule has 0 unspecified atom stereocenters. The van der Waals surface area contributed by atoms with Crippen LogP contribution in [0.5, 0.6) is 0 Å². The Morgan fingerprint density at radius 3 is 2.13 bits per heavy atom. The first-order chi connectivity index (χ1) is 11.2. The standard InChI is InChI=1S/C19H21ClN2O/c20-18-8-6-17(7-9-18)19(23)15-22-12-10-21(11-13-22)14-16-4-2-1-3-5-16/h1-9H,10-15H2. The molecule has 23 heavy (non-hydrogen) atoms. The quantitative estimate of drug-likeness (QED) is 0.786. The van der Waals surface area contributed by atoms with Crippen LogP contribution in [-0.4, -0.2) is 48.3 Å². The second kappa shape index (κ2) is 7.73. The minimum Gasteiger partial charge on any atom is -0.297 e. The molecule has 2 aromatic rings. The van der Waals surface area contributed by atoms with Crippen LogP contribution in [0.3, 0.4) is 0 Å². The van der Waals surface area contributed by atoms with Crippen molar-refractivity contribution < 1.29 is 4.79 Å². The lowest BCUT2D eigenvalue weighted by molar-refractivity contribution is 0.0844. The third-order valence-corrected chi connectivity index (χ3v) is 4.50. The van der Waals surface area contributed by atoms with Crippen LogP contribution in [0.25, 0.3) is 0 Å². The molecule has 4 heteroatoms. The van der Waals surface area contributed by atoms with Crippen LogP contribution in [0, 0.1) is 0 Å². The van der Waals surface area contributed by atoms with Crippen molar-refractivity contribution in [2.45, 2.75) is 6.54 Å². The van der Waals surface area contributed by atoms with Gasteiger partial charge in [0.15, 0.2) is 5.78 Å². The summed E-state index contributed by atoms with van der Waals surface area (Å²) in [5, 5.41) is 0.663. The summed E-state index contributed by atoms with van der Waals surface area (Å²) in [5.41, 5.74) is 2.08. The first kappa shape index (κ1) is 16.2. The zero-order valence-corrected chi connectivity index (χ0v) is 13.9. The third-order valence-electron chi connectivity index (χ3n) is 4.25. The van der Waals surface area contributed by atoms with Gasteiger partial charge in [0.2, 0.25) is 0 Å². The number of carbonyl (C=O) groups is 1. The summed E-state index contributed by atoms with van der Waals surface area (Å²) in [7, 11) is 0. The minimum atomic E-state index is 0.165. The van der Waals surface area contributed by atoms with Gasteiger partial charge in [-0.15, -0.1) is 0 Å². The van der Waals surface area contributed by atoms with Crippen molar-refractivity contribution in [1.82, 2.24) is 9.80 Å². The van der Waals surface area contributed by atoms with Crippen LogP contribution in [0.1, 0.15) is 15.9 Å². The molecule has 1 aliphatic heterocycles. The summed E-state index contributed by atoms with van der Waals surface area (Å²) in [6.45, 7) is 5.35. The molecule has 0 radical (unpaired) electrons. The van der Waals surface area contributed by atoms with E-state index >= 15 is 0 Å². The van der Waals surface area contributed by atoms with Gasteiger partial charge in [0, 0.05) is 43.3 Å². The molecule has 0 amide bonds. The number of halogens is 1. The Balaban J connectivity index is 1.47. The highest BCUT2D eigenvalue weighted by Crippen LogP contribution is 2.12. The molecule has 1 fully saturated rings. The molecule has 0 aromatic heterocycles. The van der Waals surface area contributed by atoms with Gasteiger partial charge in [0.05, 0.1) is 6.54 Å². The highest BCUT2D eigenvalue weighted by atomic mass is 35.5. The molecule has 120 valence electrons. The topological polar surface area (TPSA) is 23.6 Å². The molecule has 1 saturated heterocycles. The molecular formula is C19H21ClN2O. The van der Waals surface area contributed by atoms with Gasteiger partial charge in [0.1, 0.15) is 0 Å². The Kier molecular flexibility index (Phi) is 5.44. The van der Waals surface area contributed by atoms with Gasteiger partial charge in [-0.3, -0.25) is 14.6 Å². The molecule has 0 spiro atoms.